The van der Waals surface area contributed by atoms with Crippen LogP contribution in [0.5, 0.6) is 0 Å². The van der Waals surface area contributed by atoms with Crippen molar-refractivity contribution in [3.63, 3.8) is 0 Å². The molecule has 0 saturated heterocycles. The van der Waals surface area contributed by atoms with Crippen molar-refractivity contribution < 1.29 is 29.3 Å². The van der Waals surface area contributed by atoms with Crippen LogP contribution in [0.4, 0.5) is 0 Å². The molecule has 0 spiro atoms. The topological polar surface area (TPSA) is 116 Å². The van der Waals surface area contributed by atoms with Crippen molar-refractivity contribution in [1.82, 2.24) is 10.2 Å². The molecule has 32 heavy (non-hydrogen) atoms. The lowest BCUT2D eigenvalue weighted by Crippen LogP contribution is -2.36. The molecule has 1 aromatic rings. The van der Waals surface area contributed by atoms with E-state index in [1.807, 2.05) is 0 Å². The largest absolute Gasteiger partial charge is 0.478 e. The van der Waals surface area contributed by atoms with Gasteiger partial charge in [-0.3, -0.25) is 0 Å². The number of hydrogen-bond donors (Lipinski definition) is 3. The molecule has 1 heterocycles. The fourth-order valence-electron chi connectivity index (χ4n) is 3.60. The van der Waals surface area contributed by atoms with Crippen molar-refractivity contribution in [2.45, 2.75) is 39.2 Å². The first kappa shape index (κ1) is 24.9. The molecule has 2 rings (SSSR count). The maximum Gasteiger partial charge on any atom is 0.334 e. The SMILES string of the molecule is CC1=C(C(=O)O)C(c2ccccc2C=CC(=O)OC(C)(C)C)C(C(=O)O)=C(CN(C)C)N1. The van der Waals surface area contributed by atoms with Crippen LogP contribution in [0.25, 0.3) is 6.08 Å². The molecule has 0 aliphatic carbocycles. The molecule has 1 aliphatic heterocycles. The van der Waals surface area contributed by atoms with Gasteiger partial charge < -0.3 is 25.2 Å². The Balaban J connectivity index is 2.66. The van der Waals surface area contributed by atoms with Gasteiger partial charge in [0.15, 0.2) is 0 Å². The minimum Gasteiger partial charge on any atom is -0.478 e. The monoisotopic (exact) mass is 442 g/mol. The second kappa shape index (κ2) is 9.82. The van der Waals surface area contributed by atoms with Gasteiger partial charge in [0, 0.05) is 24.0 Å². The minimum absolute atomic E-state index is 0.0418. The van der Waals surface area contributed by atoms with Gasteiger partial charge in [0.25, 0.3) is 0 Å². The third-order valence-corrected chi connectivity index (χ3v) is 4.69. The quantitative estimate of drug-likeness (QED) is 0.436. The number of rotatable bonds is 7. The molecule has 0 bridgehead atoms. The Hall–Kier alpha value is -3.39. The lowest BCUT2D eigenvalue weighted by molar-refractivity contribution is -0.148. The number of esters is 1. The zero-order valence-electron chi connectivity index (χ0n) is 19.2. The molecule has 8 heteroatoms. The number of likely N-dealkylation sites (N-methyl/N-ethyl adjacent to an activating group) is 1. The Bertz CT molecular complexity index is 1010. The van der Waals surface area contributed by atoms with E-state index in [1.165, 1.54) is 12.2 Å². The molecule has 0 saturated carbocycles. The number of hydrogen-bond acceptors (Lipinski definition) is 6. The molecule has 0 radical (unpaired) electrons. The summed E-state index contributed by atoms with van der Waals surface area (Å²) in [6.45, 7) is 7.17. The van der Waals surface area contributed by atoms with E-state index in [0.717, 1.165) is 0 Å². The van der Waals surface area contributed by atoms with E-state index in [9.17, 15) is 24.6 Å². The second-order valence-corrected chi connectivity index (χ2v) is 8.83. The van der Waals surface area contributed by atoms with E-state index in [0.29, 0.717) is 22.5 Å². The molecule has 3 N–H and O–H groups in total. The van der Waals surface area contributed by atoms with Gasteiger partial charge >= 0.3 is 17.9 Å². The Morgan fingerprint density at radius 3 is 2.22 bits per heavy atom. The summed E-state index contributed by atoms with van der Waals surface area (Å²) in [6, 6.07) is 6.83. The molecule has 8 nitrogen and oxygen atoms in total. The molecule has 0 fully saturated rings. The molecule has 172 valence electrons. The van der Waals surface area contributed by atoms with Gasteiger partial charge in [-0.2, -0.15) is 0 Å². The van der Waals surface area contributed by atoms with Crippen molar-refractivity contribution >= 4 is 24.0 Å². The smallest absolute Gasteiger partial charge is 0.334 e. The van der Waals surface area contributed by atoms with E-state index < -0.39 is 29.4 Å². The highest BCUT2D eigenvalue weighted by molar-refractivity contribution is 5.99. The number of carboxylic acids is 2. The highest BCUT2D eigenvalue weighted by Gasteiger charge is 2.38. The highest BCUT2D eigenvalue weighted by Crippen LogP contribution is 2.40. The highest BCUT2D eigenvalue weighted by atomic mass is 16.6. The number of carbonyl (C=O) groups is 3. The van der Waals surface area contributed by atoms with Crippen LogP contribution >= 0.6 is 0 Å². The number of ether oxygens (including phenoxy) is 1. The van der Waals surface area contributed by atoms with Crippen LogP contribution in [0.15, 0.2) is 52.9 Å². The predicted octanol–water partition coefficient (Wildman–Crippen LogP) is 2.99. The van der Waals surface area contributed by atoms with Gasteiger partial charge in [0.05, 0.1) is 17.1 Å². The van der Waals surface area contributed by atoms with Crippen LogP contribution in [0.2, 0.25) is 0 Å². The predicted molar refractivity (Wildman–Crippen MR) is 121 cm³/mol. The molecule has 1 unspecified atom stereocenters. The summed E-state index contributed by atoms with van der Waals surface area (Å²) in [5, 5.41) is 22.9. The Morgan fingerprint density at radius 2 is 1.69 bits per heavy atom. The maximum atomic E-state index is 12.3. The number of nitrogens with zero attached hydrogens (tertiary/aromatic N) is 1. The van der Waals surface area contributed by atoms with Gasteiger partial charge in [-0.1, -0.05) is 24.3 Å². The lowest BCUT2D eigenvalue weighted by Gasteiger charge is -2.31. The van der Waals surface area contributed by atoms with Gasteiger partial charge in [-0.05, 0) is 59.0 Å². The fourth-order valence-corrected chi connectivity index (χ4v) is 3.60. The third-order valence-electron chi connectivity index (χ3n) is 4.69. The lowest BCUT2D eigenvalue weighted by atomic mass is 9.78. The van der Waals surface area contributed by atoms with Crippen molar-refractivity contribution in [2.75, 3.05) is 20.6 Å². The number of nitrogens with one attached hydrogen (secondary N) is 1. The molecular formula is C24H30N2O6. The Kier molecular flexibility index (Phi) is 7.64. The van der Waals surface area contributed by atoms with E-state index in [2.05, 4.69) is 5.32 Å². The summed E-state index contributed by atoms with van der Waals surface area (Å²) in [6.07, 6.45) is 2.78. The summed E-state index contributed by atoms with van der Waals surface area (Å²) < 4.78 is 5.29. The van der Waals surface area contributed by atoms with E-state index in [1.54, 1.807) is 71.0 Å². The van der Waals surface area contributed by atoms with Gasteiger partial charge in [-0.15, -0.1) is 0 Å². The third kappa shape index (κ3) is 6.07. The van der Waals surface area contributed by atoms with Crippen LogP contribution in [0, 0.1) is 0 Å². The molecular weight excluding hydrogens is 412 g/mol. The summed E-state index contributed by atoms with van der Waals surface area (Å²) in [7, 11) is 3.60. The van der Waals surface area contributed by atoms with Gasteiger partial charge in [-0.25, -0.2) is 14.4 Å². The van der Waals surface area contributed by atoms with Crippen LogP contribution < -0.4 is 5.32 Å². The van der Waals surface area contributed by atoms with Crippen molar-refractivity contribution in [3.05, 3.63) is 64.0 Å². The van der Waals surface area contributed by atoms with Crippen molar-refractivity contribution in [1.29, 1.82) is 0 Å². The van der Waals surface area contributed by atoms with Crippen molar-refractivity contribution in [2.24, 2.45) is 0 Å². The Labute approximate surface area is 187 Å². The number of carbonyl (C=O) groups excluding carboxylic acids is 1. The summed E-state index contributed by atoms with van der Waals surface area (Å²) in [5.41, 5.74) is 1.03. The number of benzene rings is 1. The average Bonchev–Trinajstić information content (AvgIpc) is 2.63. The van der Waals surface area contributed by atoms with Gasteiger partial charge in [0.2, 0.25) is 0 Å². The van der Waals surface area contributed by atoms with E-state index >= 15 is 0 Å². The van der Waals surface area contributed by atoms with Crippen LogP contribution in [0.3, 0.4) is 0 Å². The average molecular weight is 443 g/mol. The number of carboxylic acid groups (broad SMARTS) is 2. The summed E-state index contributed by atoms with van der Waals surface area (Å²) >= 11 is 0. The normalized spacial score (nSPS) is 17.0. The summed E-state index contributed by atoms with van der Waals surface area (Å²) in [5.74, 6) is -4.00. The zero-order valence-corrected chi connectivity index (χ0v) is 19.2. The first-order chi connectivity index (χ1) is 14.8. The standard InChI is InChI=1S/C24H30N2O6/c1-14-19(22(28)29)20(21(23(30)31)17(25-14)13-26(5)6)16-10-8-7-9-15(16)11-12-18(27)32-24(2,3)4/h7-12,20,25H,13H2,1-6H3,(H,28,29)(H,30,31). The summed E-state index contributed by atoms with van der Waals surface area (Å²) in [4.78, 5) is 38.4. The number of allylic oxidation sites excluding steroid dienone is 1. The first-order valence-electron chi connectivity index (χ1n) is 10.1. The maximum absolute atomic E-state index is 12.3. The zero-order chi connectivity index (χ0) is 24.2. The van der Waals surface area contributed by atoms with E-state index in [-0.39, 0.29) is 17.7 Å². The molecule has 0 amide bonds. The van der Waals surface area contributed by atoms with Crippen LogP contribution in [-0.4, -0.2) is 59.3 Å². The number of aliphatic carboxylic acids is 2. The minimum atomic E-state index is -1.21. The van der Waals surface area contributed by atoms with Crippen LogP contribution in [0.1, 0.15) is 44.7 Å². The Morgan fingerprint density at radius 1 is 1.09 bits per heavy atom. The van der Waals surface area contributed by atoms with Gasteiger partial charge in [0.1, 0.15) is 5.60 Å². The molecule has 1 atom stereocenters. The second-order valence-electron chi connectivity index (χ2n) is 8.83. The molecule has 1 aliphatic rings. The first-order valence-corrected chi connectivity index (χ1v) is 10.1. The van der Waals surface area contributed by atoms with Crippen molar-refractivity contribution in [3.8, 4) is 0 Å². The van der Waals surface area contributed by atoms with E-state index in [4.69, 9.17) is 4.74 Å². The molecule has 0 aromatic heterocycles. The van der Waals surface area contributed by atoms with Crippen LogP contribution in [-0.2, 0) is 19.1 Å². The number of dihydropyridines is 1. The fraction of sp³-hybridized carbons (Fsp3) is 0.375. The molecule has 1 aromatic carbocycles.